The maximum atomic E-state index is 9.24. The van der Waals surface area contributed by atoms with E-state index in [1.807, 2.05) is 37.2 Å². The van der Waals surface area contributed by atoms with Gasteiger partial charge in [-0.05, 0) is 37.6 Å². The van der Waals surface area contributed by atoms with E-state index in [0.29, 0.717) is 17.3 Å². The first kappa shape index (κ1) is 14.4. The Labute approximate surface area is 120 Å². The number of hydrogen-bond donors (Lipinski definition) is 2. The summed E-state index contributed by atoms with van der Waals surface area (Å²) < 4.78 is 0. The van der Waals surface area contributed by atoms with Gasteiger partial charge in [0.15, 0.2) is 0 Å². The molecule has 1 saturated heterocycles. The number of rotatable bonds is 4. The van der Waals surface area contributed by atoms with Gasteiger partial charge in [-0.15, -0.1) is 0 Å². The largest absolute Gasteiger partial charge is 0.381 e. The smallest absolute Gasteiger partial charge is 0.101 e. The molecule has 0 aromatic heterocycles. The Balaban J connectivity index is 2.10. The highest BCUT2D eigenvalue weighted by atomic mass is 15.1. The van der Waals surface area contributed by atoms with Crippen molar-refractivity contribution in [2.75, 3.05) is 32.5 Å². The van der Waals surface area contributed by atoms with Crippen molar-refractivity contribution in [2.45, 2.75) is 18.9 Å². The van der Waals surface area contributed by atoms with Gasteiger partial charge in [-0.25, -0.2) is 4.99 Å². The molecule has 20 heavy (non-hydrogen) atoms. The molecule has 1 aromatic carbocycles. The minimum absolute atomic E-state index is 0.436. The van der Waals surface area contributed by atoms with Crippen LogP contribution in [0, 0.1) is 11.3 Å². The predicted molar refractivity (Wildman–Crippen MR) is 82.5 cm³/mol. The van der Waals surface area contributed by atoms with Crippen molar-refractivity contribution >= 4 is 17.7 Å². The van der Waals surface area contributed by atoms with Crippen LogP contribution in [0.5, 0.6) is 0 Å². The Hall–Kier alpha value is -2.06. The molecule has 1 aromatic rings. The lowest BCUT2D eigenvalue weighted by molar-refractivity contribution is 0.480. The summed E-state index contributed by atoms with van der Waals surface area (Å²) in [5, 5.41) is 16.1. The molecule has 1 heterocycles. The van der Waals surface area contributed by atoms with E-state index in [1.165, 1.54) is 6.42 Å². The first-order valence-electron chi connectivity index (χ1n) is 6.91. The highest BCUT2D eigenvalue weighted by molar-refractivity contribution is 5.68. The Morgan fingerprint density at radius 1 is 1.50 bits per heavy atom. The number of nitrogens with one attached hydrogen (secondary N) is 2. The number of aliphatic imine (C=N–C) groups is 1. The van der Waals surface area contributed by atoms with Crippen LogP contribution in [-0.4, -0.2) is 44.5 Å². The second-order valence-corrected chi connectivity index (χ2v) is 5.24. The van der Waals surface area contributed by atoms with Crippen LogP contribution in [0.4, 0.5) is 11.4 Å². The van der Waals surface area contributed by atoms with Gasteiger partial charge >= 0.3 is 0 Å². The minimum atomic E-state index is 0.436. The van der Waals surface area contributed by atoms with Crippen LogP contribution >= 0.6 is 0 Å². The molecule has 0 amide bonds. The van der Waals surface area contributed by atoms with Gasteiger partial charge in [0.25, 0.3) is 0 Å². The fourth-order valence-electron chi connectivity index (χ4n) is 2.22. The Morgan fingerprint density at radius 3 is 3.00 bits per heavy atom. The molecule has 2 rings (SSSR count). The lowest BCUT2D eigenvalue weighted by atomic mass is 10.1. The van der Waals surface area contributed by atoms with Gasteiger partial charge in [0, 0.05) is 32.4 Å². The van der Waals surface area contributed by atoms with E-state index < -0.39 is 0 Å². The first-order valence-corrected chi connectivity index (χ1v) is 6.91. The summed E-state index contributed by atoms with van der Waals surface area (Å²) >= 11 is 0. The second-order valence-electron chi connectivity index (χ2n) is 5.24. The minimum Gasteiger partial charge on any atom is -0.381 e. The molecular formula is C15H21N5. The van der Waals surface area contributed by atoms with Crippen LogP contribution in [0.15, 0.2) is 23.2 Å². The summed E-state index contributed by atoms with van der Waals surface area (Å²) in [6.45, 7) is 2.07. The third-order valence-corrected chi connectivity index (χ3v) is 3.21. The zero-order valence-corrected chi connectivity index (χ0v) is 12.1. The van der Waals surface area contributed by atoms with Crippen LogP contribution in [0.1, 0.15) is 18.4 Å². The molecule has 1 fully saturated rings. The number of nitriles is 1. The third kappa shape index (κ3) is 3.97. The second kappa shape index (κ2) is 6.92. The highest BCUT2D eigenvalue weighted by Crippen LogP contribution is 2.23. The molecule has 1 unspecified atom stereocenters. The van der Waals surface area contributed by atoms with Crippen molar-refractivity contribution in [2.24, 2.45) is 4.99 Å². The molecule has 0 bridgehead atoms. The standard InChI is InChI=1S/C15H21N5/c1-20(2)11-18-15-6-5-13(8-12(15)9-16)19-14-4-3-7-17-10-14/h5-6,8,11,14,17,19H,3-4,7,10H2,1-2H3. The number of piperidine rings is 1. The van der Waals surface area contributed by atoms with Crippen molar-refractivity contribution in [3.05, 3.63) is 23.8 Å². The lowest BCUT2D eigenvalue weighted by Crippen LogP contribution is -2.38. The van der Waals surface area contributed by atoms with E-state index >= 15 is 0 Å². The molecule has 1 aliphatic rings. The number of nitrogens with zero attached hydrogens (tertiary/aromatic N) is 3. The van der Waals surface area contributed by atoms with E-state index in [4.69, 9.17) is 0 Å². The molecule has 0 aliphatic carbocycles. The van der Waals surface area contributed by atoms with Crippen molar-refractivity contribution in [1.82, 2.24) is 10.2 Å². The van der Waals surface area contributed by atoms with Crippen LogP contribution < -0.4 is 10.6 Å². The molecule has 1 atom stereocenters. The molecule has 2 N–H and O–H groups in total. The summed E-state index contributed by atoms with van der Waals surface area (Å²) in [6, 6.07) is 8.39. The Morgan fingerprint density at radius 2 is 2.35 bits per heavy atom. The Kier molecular flexibility index (Phi) is 4.97. The summed E-state index contributed by atoms with van der Waals surface area (Å²) in [7, 11) is 3.81. The molecular weight excluding hydrogens is 250 g/mol. The SMILES string of the molecule is CN(C)C=Nc1ccc(NC2CCCNC2)cc1C#N. The monoisotopic (exact) mass is 271 g/mol. The van der Waals surface area contributed by atoms with Gasteiger partial charge in [0.1, 0.15) is 6.07 Å². The van der Waals surface area contributed by atoms with Gasteiger partial charge < -0.3 is 15.5 Å². The van der Waals surface area contributed by atoms with Crippen LogP contribution in [0.3, 0.4) is 0 Å². The van der Waals surface area contributed by atoms with Crippen LogP contribution in [0.25, 0.3) is 0 Å². The quantitative estimate of drug-likeness (QED) is 0.649. The van der Waals surface area contributed by atoms with E-state index in [0.717, 1.165) is 25.2 Å². The van der Waals surface area contributed by atoms with E-state index in [1.54, 1.807) is 6.34 Å². The van der Waals surface area contributed by atoms with Crippen molar-refractivity contribution < 1.29 is 0 Å². The fourth-order valence-corrected chi connectivity index (χ4v) is 2.22. The third-order valence-electron chi connectivity index (χ3n) is 3.21. The lowest BCUT2D eigenvalue weighted by Gasteiger charge is -2.24. The highest BCUT2D eigenvalue weighted by Gasteiger charge is 2.13. The molecule has 0 saturated carbocycles. The van der Waals surface area contributed by atoms with E-state index in [9.17, 15) is 5.26 Å². The predicted octanol–water partition coefficient (Wildman–Crippen LogP) is 1.94. The summed E-state index contributed by atoms with van der Waals surface area (Å²) in [6.07, 6.45) is 4.05. The normalized spacial score (nSPS) is 18.8. The molecule has 106 valence electrons. The van der Waals surface area contributed by atoms with Gasteiger partial charge in [-0.1, -0.05) is 0 Å². The Bertz CT molecular complexity index is 509. The number of hydrogen-bond acceptors (Lipinski definition) is 4. The van der Waals surface area contributed by atoms with Crippen molar-refractivity contribution in [1.29, 1.82) is 5.26 Å². The van der Waals surface area contributed by atoms with Gasteiger partial charge in [0.2, 0.25) is 0 Å². The number of benzene rings is 1. The van der Waals surface area contributed by atoms with Gasteiger partial charge in [0.05, 0.1) is 17.6 Å². The topological polar surface area (TPSA) is 63.4 Å². The molecule has 5 nitrogen and oxygen atoms in total. The average Bonchev–Trinajstić information content (AvgIpc) is 2.46. The van der Waals surface area contributed by atoms with Gasteiger partial charge in [-0.3, -0.25) is 0 Å². The van der Waals surface area contributed by atoms with Crippen molar-refractivity contribution in [3.63, 3.8) is 0 Å². The average molecular weight is 271 g/mol. The number of anilines is 1. The maximum absolute atomic E-state index is 9.24. The van der Waals surface area contributed by atoms with Crippen molar-refractivity contribution in [3.8, 4) is 6.07 Å². The maximum Gasteiger partial charge on any atom is 0.101 e. The molecule has 0 spiro atoms. The van der Waals surface area contributed by atoms with E-state index in [-0.39, 0.29) is 0 Å². The summed E-state index contributed by atoms with van der Waals surface area (Å²) in [5.74, 6) is 0. The zero-order chi connectivity index (χ0) is 14.4. The molecule has 5 heteroatoms. The first-order chi connectivity index (χ1) is 9.69. The van der Waals surface area contributed by atoms with E-state index in [2.05, 4.69) is 21.7 Å². The zero-order valence-electron chi connectivity index (χ0n) is 12.1. The van der Waals surface area contributed by atoms with Gasteiger partial charge in [-0.2, -0.15) is 5.26 Å². The summed E-state index contributed by atoms with van der Waals surface area (Å²) in [4.78, 5) is 6.15. The molecule has 1 aliphatic heterocycles. The van der Waals surface area contributed by atoms with Crippen LogP contribution in [0.2, 0.25) is 0 Å². The molecule has 0 radical (unpaired) electrons. The summed E-state index contributed by atoms with van der Waals surface area (Å²) in [5.41, 5.74) is 2.28. The fraction of sp³-hybridized carbons (Fsp3) is 0.467. The van der Waals surface area contributed by atoms with Crippen LogP contribution in [-0.2, 0) is 0 Å².